The first kappa shape index (κ1) is 18.9. The molecule has 1 aromatic carbocycles. The number of carboxylic acids is 1. The Balaban J connectivity index is 0.00000242. The van der Waals surface area contributed by atoms with Crippen LogP contribution >= 0.6 is 0 Å². The van der Waals surface area contributed by atoms with E-state index in [4.69, 9.17) is 0 Å². The minimum atomic E-state index is -1.52. The zero-order valence-electron chi connectivity index (χ0n) is 13.1. The molecular weight excluding hydrogens is 297 g/mol. The van der Waals surface area contributed by atoms with Crippen LogP contribution in [0.3, 0.4) is 0 Å². The Morgan fingerprint density at radius 2 is 2.09 bits per heavy atom. The number of carbonyl (C=O) groups excluding carboxylic acids is 1. The molecule has 1 atom stereocenters. The first-order valence-electron chi connectivity index (χ1n) is 6.89. The van der Waals surface area contributed by atoms with Crippen molar-refractivity contribution in [2.75, 3.05) is 31.6 Å². The molecule has 22 heavy (non-hydrogen) atoms. The van der Waals surface area contributed by atoms with E-state index in [-0.39, 0.29) is 41.2 Å². The summed E-state index contributed by atoms with van der Waals surface area (Å²) in [6.07, 6.45) is 0.919. The Morgan fingerprint density at radius 3 is 2.64 bits per heavy atom. The van der Waals surface area contributed by atoms with E-state index < -0.39 is 16.6 Å². The molecule has 1 aliphatic heterocycles. The van der Waals surface area contributed by atoms with E-state index in [0.29, 0.717) is 5.69 Å². The van der Waals surface area contributed by atoms with Crippen LogP contribution in [0.5, 0.6) is 0 Å². The van der Waals surface area contributed by atoms with Gasteiger partial charge in [-0.05, 0) is 25.6 Å². The summed E-state index contributed by atoms with van der Waals surface area (Å²) in [6.45, 7) is 4.59. The number of rotatable bonds is 4. The number of nitrogens with zero attached hydrogens (tertiary/aromatic N) is 3. The maximum Gasteiger partial charge on any atom is 1.00 e. The number of benzene rings is 1. The Labute approximate surface area is 151 Å². The molecule has 0 N–H and O–H groups in total. The van der Waals surface area contributed by atoms with Gasteiger partial charge in [0.2, 0.25) is 0 Å². The third kappa shape index (κ3) is 3.98. The van der Waals surface area contributed by atoms with Crippen molar-refractivity contribution in [3.8, 4) is 0 Å². The molecule has 1 fully saturated rings. The first-order valence-corrected chi connectivity index (χ1v) is 6.89. The number of carboxylic acid groups (broad SMARTS) is 1. The molecule has 1 heterocycles. The fourth-order valence-corrected chi connectivity index (χ4v) is 2.73. The van der Waals surface area contributed by atoms with Crippen molar-refractivity contribution in [3.63, 3.8) is 0 Å². The van der Waals surface area contributed by atoms with Crippen LogP contribution in [0, 0.1) is 10.1 Å². The molecule has 0 spiro atoms. The number of carbonyl (C=O) groups is 1. The molecule has 1 saturated heterocycles. The summed E-state index contributed by atoms with van der Waals surface area (Å²) >= 11 is 0. The number of piperazine rings is 1. The van der Waals surface area contributed by atoms with Crippen LogP contribution < -0.4 is 39.6 Å². The second kappa shape index (κ2) is 7.92. The molecule has 2 rings (SSSR count). The van der Waals surface area contributed by atoms with Gasteiger partial charge in [0.05, 0.1) is 16.5 Å². The molecule has 114 valence electrons. The molecule has 1 aromatic rings. The zero-order chi connectivity index (χ0) is 15.6. The van der Waals surface area contributed by atoms with Gasteiger partial charge in [0.1, 0.15) is 0 Å². The second-order valence-corrected chi connectivity index (χ2v) is 5.26. The van der Waals surface area contributed by atoms with E-state index in [1.807, 2.05) is 7.05 Å². The second-order valence-electron chi connectivity index (χ2n) is 5.26. The molecule has 0 aliphatic carbocycles. The molecule has 0 bridgehead atoms. The van der Waals surface area contributed by atoms with Crippen molar-refractivity contribution >= 4 is 17.3 Å². The maximum atomic E-state index is 11.1. The maximum absolute atomic E-state index is 11.1. The SMILES string of the molecule is CC[C@H]1CN(C)CCN1c1ccc([N+](=O)[O-])c(C(=O)[O-])c1.[Na+]. The summed E-state index contributed by atoms with van der Waals surface area (Å²) in [5.41, 5.74) is -0.105. The molecule has 8 heteroatoms. The van der Waals surface area contributed by atoms with Gasteiger partial charge in [0, 0.05) is 37.4 Å². The number of aromatic carboxylic acids is 1. The summed E-state index contributed by atoms with van der Waals surface area (Å²) in [4.78, 5) is 25.6. The Hall–Kier alpha value is -1.15. The number of hydrogen-bond acceptors (Lipinski definition) is 6. The van der Waals surface area contributed by atoms with Gasteiger partial charge in [-0.3, -0.25) is 10.1 Å². The number of hydrogen-bond donors (Lipinski definition) is 0. The van der Waals surface area contributed by atoms with Crippen LogP contribution in [0.2, 0.25) is 0 Å². The minimum absolute atomic E-state index is 0. The van der Waals surface area contributed by atoms with Crippen LogP contribution in [0.4, 0.5) is 11.4 Å². The Bertz CT molecular complexity index is 567. The van der Waals surface area contributed by atoms with Crippen molar-refractivity contribution in [2.45, 2.75) is 19.4 Å². The van der Waals surface area contributed by atoms with E-state index in [0.717, 1.165) is 26.1 Å². The predicted octanol–water partition coefficient (Wildman–Crippen LogP) is -2.51. The number of anilines is 1. The van der Waals surface area contributed by atoms with Gasteiger partial charge < -0.3 is 19.7 Å². The molecule has 0 radical (unpaired) electrons. The molecule has 0 unspecified atom stereocenters. The molecule has 7 nitrogen and oxygen atoms in total. The topological polar surface area (TPSA) is 89.8 Å². The summed E-state index contributed by atoms with van der Waals surface area (Å²) in [6, 6.07) is 4.46. The van der Waals surface area contributed by atoms with Gasteiger partial charge in [-0.1, -0.05) is 6.92 Å². The largest absolute Gasteiger partial charge is 1.00 e. The van der Waals surface area contributed by atoms with Crippen molar-refractivity contribution < 1.29 is 44.4 Å². The number of nitro benzene ring substituents is 1. The van der Waals surface area contributed by atoms with Crippen molar-refractivity contribution in [3.05, 3.63) is 33.9 Å². The Morgan fingerprint density at radius 1 is 1.41 bits per heavy atom. The minimum Gasteiger partial charge on any atom is -0.545 e. The van der Waals surface area contributed by atoms with Crippen molar-refractivity contribution in [2.24, 2.45) is 0 Å². The van der Waals surface area contributed by atoms with E-state index >= 15 is 0 Å². The van der Waals surface area contributed by atoms with Crippen LogP contribution in [-0.4, -0.2) is 48.5 Å². The Kier molecular flexibility index (Phi) is 6.80. The number of likely N-dealkylation sites (N-methyl/N-ethyl adjacent to an activating group) is 1. The summed E-state index contributed by atoms with van der Waals surface area (Å²) < 4.78 is 0. The van der Waals surface area contributed by atoms with Crippen LogP contribution in [0.25, 0.3) is 0 Å². The predicted molar refractivity (Wildman–Crippen MR) is 76.3 cm³/mol. The van der Waals surface area contributed by atoms with Crippen LogP contribution in [0.15, 0.2) is 18.2 Å². The average molecular weight is 315 g/mol. The summed E-state index contributed by atoms with van der Waals surface area (Å²) in [7, 11) is 2.04. The fraction of sp³-hybridized carbons (Fsp3) is 0.500. The van der Waals surface area contributed by atoms with Gasteiger partial charge >= 0.3 is 29.6 Å². The standard InChI is InChI=1S/C14H19N3O4.Na/c1-3-10-9-15(2)6-7-16(10)11-4-5-13(17(20)21)12(8-11)14(18)19;/h4-5,8,10H,3,6-7,9H2,1-2H3,(H,18,19);/q;+1/p-1/t10-;/m0./s1. The van der Waals surface area contributed by atoms with Gasteiger partial charge in [0.25, 0.3) is 5.69 Å². The summed E-state index contributed by atoms with van der Waals surface area (Å²) in [5.74, 6) is -1.52. The van der Waals surface area contributed by atoms with Gasteiger partial charge in [0.15, 0.2) is 0 Å². The fourth-order valence-electron chi connectivity index (χ4n) is 2.73. The van der Waals surface area contributed by atoms with E-state index in [2.05, 4.69) is 16.7 Å². The third-order valence-corrected chi connectivity index (χ3v) is 3.89. The zero-order valence-corrected chi connectivity index (χ0v) is 15.1. The van der Waals surface area contributed by atoms with Crippen LogP contribution in [0.1, 0.15) is 23.7 Å². The molecule has 1 aliphatic rings. The van der Waals surface area contributed by atoms with Crippen LogP contribution in [-0.2, 0) is 0 Å². The monoisotopic (exact) mass is 315 g/mol. The smallest absolute Gasteiger partial charge is 0.545 e. The quantitative estimate of drug-likeness (QED) is 0.346. The molecule has 0 aromatic heterocycles. The molecule has 0 amide bonds. The number of nitro groups is 1. The van der Waals surface area contributed by atoms with Gasteiger partial charge in [-0.15, -0.1) is 0 Å². The third-order valence-electron chi connectivity index (χ3n) is 3.89. The molecule has 0 saturated carbocycles. The van der Waals surface area contributed by atoms with E-state index in [9.17, 15) is 20.0 Å². The van der Waals surface area contributed by atoms with Gasteiger partial charge in [-0.2, -0.15) is 0 Å². The molecular formula is C14H18N3NaO4. The van der Waals surface area contributed by atoms with Gasteiger partial charge in [-0.25, -0.2) is 0 Å². The van der Waals surface area contributed by atoms with Crippen molar-refractivity contribution in [1.29, 1.82) is 0 Å². The van der Waals surface area contributed by atoms with E-state index in [1.165, 1.54) is 12.1 Å². The summed E-state index contributed by atoms with van der Waals surface area (Å²) in [5, 5.41) is 22.0. The van der Waals surface area contributed by atoms with E-state index in [1.54, 1.807) is 6.07 Å². The first-order chi connectivity index (χ1) is 9.93. The van der Waals surface area contributed by atoms with Crippen molar-refractivity contribution in [1.82, 2.24) is 4.90 Å². The normalized spacial score (nSPS) is 18.6. The average Bonchev–Trinajstić information content (AvgIpc) is 2.46.